The van der Waals surface area contributed by atoms with E-state index in [9.17, 15) is 14.0 Å². The fraction of sp³-hybridized carbons (Fsp3) is 0.214. The van der Waals surface area contributed by atoms with Gasteiger partial charge in [0.25, 0.3) is 5.91 Å². The lowest BCUT2D eigenvalue weighted by molar-refractivity contribution is -0.145. The monoisotopic (exact) mass is 325 g/mol. The predicted molar refractivity (Wildman–Crippen MR) is 83.1 cm³/mol. The SMILES string of the molecule is CCC(C(=O)O)N1C(=O)C(=Cc2ccc(F)cc2)SC1=S. The number of carbonyl (C=O) groups is 2. The van der Waals surface area contributed by atoms with Crippen molar-refractivity contribution < 1.29 is 19.1 Å². The van der Waals surface area contributed by atoms with E-state index in [2.05, 4.69) is 0 Å². The molecule has 1 fully saturated rings. The highest BCUT2D eigenvalue weighted by Crippen LogP contribution is 2.34. The van der Waals surface area contributed by atoms with Crippen LogP contribution in [0.1, 0.15) is 18.9 Å². The molecule has 1 saturated heterocycles. The van der Waals surface area contributed by atoms with Crippen LogP contribution in [0.5, 0.6) is 0 Å². The van der Waals surface area contributed by atoms with Crippen LogP contribution in [0, 0.1) is 5.82 Å². The zero-order valence-corrected chi connectivity index (χ0v) is 12.7. The molecule has 0 aliphatic carbocycles. The molecule has 0 saturated carbocycles. The molecule has 1 aromatic rings. The van der Waals surface area contributed by atoms with Gasteiger partial charge >= 0.3 is 5.97 Å². The third-order valence-electron chi connectivity index (χ3n) is 2.97. The van der Waals surface area contributed by atoms with Crippen molar-refractivity contribution in [2.24, 2.45) is 0 Å². The Kier molecular flexibility index (Phi) is 4.74. The van der Waals surface area contributed by atoms with E-state index in [-0.39, 0.29) is 16.6 Å². The summed E-state index contributed by atoms with van der Waals surface area (Å²) in [6.45, 7) is 1.68. The highest BCUT2D eigenvalue weighted by Gasteiger charge is 2.39. The van der Waals surface area contributed by atoms with Crippen LogP contribution in [0.4, 0.5) is 4.39 Å². The van der Waals surface area contributed by atoms with E-state index in [1.54, 1.807) is 13.0 Å². The molecule has 1 unspecified atom stereocenters. The second kappa shape index (κ2) is 6.36. The molecule has 1 heterocycles. The van der Waals surface area contributed by atoms with Gasteiger partial charge in [0, 0.05) is 0 Å². The van der Waals surface area contributed by atoms with Crippen molar-refractivity contribution in [3.8, 4) is 0 Å². The maximum absolute atomic E-state index is 12.9. The molecule has 0 radical (unpaired) electrons. The van der Waals surface area contributed by atoms with Gasteiger partial charge in [-0.25, -0.2) is 9.18 Å². The third kappa shape index (κ3) is 3.30. The second-order valence-electron chi connectivity index (χ2n) is 4.37. The number of carboxylic acids is 1. The van der Waals surface area contributed by atoms with E-state index in [1.807, 2.05) is 0 Å². The average molecular weight is 325 g/mol. The largest absolute Gasteiger partial charge is 0.480 e. The fourth-order valence-corrected chi connectivity index (χ4v) is 3.28. The normalized spacial score (nSPS) is 18.4. The summed E-state index contributed by atoms with van der Waals surface area (Å²) in [6.07, 6.45) is 1.85. The number of halogens is 1. The van der Waals surface area contributed by atoms with Crippen LogP contribution < -0.4 is 0 Å². The highest BCUT2D eigenvalue weighted by atomic mass is 32.2. The third-order valence-corrected chi connectivity index (χ3v) is 4.31. The van der Waals surface area contributed by atoms with Crippen molar-refractivity contribution in [3.05, 3.63) is 40.6 Å². The number of hydrogen-bond acceptors (Lipinski definition) is 4. The molecule has 1 aliphatic heterocycles. The van der Waals surface area contributed by atoms with E-state index in [4.69, 9.17) is 17.3 Å². The summed E-state index contributed by atoms with van der Waals surface area (Å²) in [5.74, 6) is -1.88. The van der Waals surface area contributed by atoms with Gasteiger partial charge in [-0.1, -0.05) is 43.0 Å². The van der Waals surface area contributed by atoms with E-state index >= 15 is 0 Å². The molecule has 0 spiro atoms. The number of hydrogen-bond donors (Lipinski definition) is 1. The number of thiocarbonyl (C=S) groups is 1. The Hall–Kier alpha value is -1.73. The number of rotatable bonds is 4. The first-order chi connectivity index (χ1) is 9.93. The summed E-state index contributed by atoms with van der Waals surface area (Å²) in [5.41, 5.74) is 0.653. The maximum atomic E-state index is 12.9. The minimum atomic E-state index is -1.09. The number of aliphatic carboxylic acids is 1. The Morgan fingerprint density at radius 2 is 2.10 bits per heavy atom. The zero-order valence-electron chi connectivity index (χ0n) is 11.1. The van der Waals surface area contributed by atoms with Gasteiger partial charge in [-0.15, -0.1) is 0 Å². The number of thioether (sulfide) groups is 1. The summed E-state index contributed by atoms with van der Waals surface area (Å²) in [7, 11) is 0. The molecular formula is C14H12FNO3S2. The maximum Gasteiger partial charge on any atom is 0.326 e. The van der Waals surface area contributed by atoms with E-state index in [1.165, 1.54) is 24.3 Å². The molecule has 2 rings (SSSR count). The van der Waals surface area contributed by atoms with Crippen molar-refractivity contribution in [2.75, 3.05) is 0 Å². The van der Waals surface area contributed by atoms with Crippen molar-refractivity contribution in [2.45, 2.75) is 19.4 Å². The van der Waals surface area contributed by atoms with E-state index in [0.29, 0.717) is 10.5 Å². The van der Waals surface area contributed by atoms with Crippen LogP contribution in [-0.2, 0) is 9.59 Å². The Bertz CT molecular complexity index is 628. The van der Waals surface area contributed by atoms with Crippen LogP contribution >= 0.6 is 24.0 Å². The first kappa shape index (κ1) is 15.7. The first-order valence-electron chi connectivity index (χ1n) is 6.19. The molecule has 7 heteroatoms. The molecule has 0 aromatic heterocycles. The Labute approximate surface area is 130 Å². The standard InChI is InChI=1S/C14H12FNO3S2/c1-2-10(13(18)19)16-12(17)11(21-14(16)20)7-8-3-5-9(15)6-4-8/h3-7,10H,2H2,1H3,(H,18,19). The fourth-order valence-electron chi connectivity index (χ4n) is 1.93. The minimum absolute atomic E-state index is 0.225. The van der Waals surface area contributed by atoms with Gasteiger partial charge in [-0.3, -0.25) is 9.69 Å². The van der Waals surface area contributed by atoms with Gasteiger partial charge in [-0.05, 0) is 30.2 Å². The zero-order chi connectivity index (χ0) is 15.6. The van der Waals surface area contributed by atoms with Crippen LogP contribution in [0.3, 0.4) is 0 Å². The number of amides is 1. The van der Waals surface area contributed by atoms with Crippen LogP contribution in [0.15, 0.2) is 29.2 Å². The quantitative estimate of drug-likeness (QED) is 0.681. The summed E-state index contributed by atoms with van der Waals surface area (Å²) >= 11 is 6.15. The molecule has 1 amide bonds. The molecule has 4 nitrogen and oxygen atoms in total. The van der Waals surface area contributed by atoms with Gasteiger partial charge in [0.05, 0.1) is 4.91 Å². The van der Waals surface area contributed by atoms with Crippen molar-refractivity contribution >= 4 is 46.3 Å². The predicted octanol–water partition coefficient (Wildman–Crippen LogP) is 2.89. The number of carbonyl (C=O) groups excluding carboxylic acids is 1. The molecule has 1 N–H and O–H groups in total. The van der Waals surface area contributed by atoms with Gasteiger partial charge in [0.15, 0.2) is 0 Å². The van der Waals surface area contributed by atoms with Crippen LogP contribution in [-0.4, -0.2) is 32.2 Å². The molecular weight excluding hydrogens is 313 g/mol. The molecule has 1 atom stereocenters. The summed E-state index contributed by atoms with van der Waals surface area (Å²) in [6, 6.07) is 4.70. The van der Waals surface area contributed by atoms with Crippen molar-refractivity contribution in [1.82, 2.24) is 4.90 Å². The van der Waals surface area contributed by atoms with E-state index in [0.717, 1.165) is 16.7 Å². The van der Waals surface area contributed by atoms with Gasteiger partial charge in [0.1, 0.15) is 16.2 Å². The Morgan fingerprint density at radius 1 is 1.48 bits per heavy atom. The topological polar surface area (TPSA) is 57.6 Å². The smallest absolute Gasteiger partial charge is 0.326 e. The number of nitrogens with zero attached hydrogens (tertiary/aromatic N) is 1. The highest BCUT2D eigenvalue weighted by molar-refractivity contribution is 8.26. The lowest BCUT2D eigenvalue weighted by atomic mass is 10.2. The number of carboxylic acid groups (broad SMARTS) is 1. The van der Waals surface area contributed by atoms with E-state index < -0.39 is 17.9 Å². The molecule has 1 aromatic carbocycles. The van der Waals surface area contributed by atoms with Crippen molar-refractivity contribution in [1.29, 1.82) is 0 Å². The van der Waals surface area contributed by atoms with Gasteiger partial charge in [0.2, 0.25) is 0 Å². The summed E-state index contributed by atoms with van der Waals surface area (Å²) in [5, 5.41) is 9.15. The summed E-state index contributed by atoms with van der Waals surface area (Å²) < 4.78 is 13.1. The van der Waals surface area contributed by atoms with Crippen LogP contribution in [0.2, 0.25) is 0 Å². The Morgan fingerprint density at radius 3 is 2.62 bits per heavy atom. The summed E-state index contributed by atoms with van der Waals surface area (Å²) in [4.78, 5) is 25.0. The Balaban J connectivity index is 2.29. The van der Waals surface area contributed by atoms with Gasteiger partial charge < -0.3 is 5.11 Å². The van der Waals surface area contributed by atoms with Gasteiger partial charge in [-0.2, -0.15) is 0 Å². The first-order valence-corrected chi connectivity index (χ1v) is 7.42. The number of benzene rings is 1. The molecule has 0 bridgehead atoms. The molecule has 1 aliphatic rings. The molecule has 21 heavy (non-hydrogen) atoms. The second-order valence-corrected chi connectivity index (χ2v) is 6.04. The lowest BCUT2D eigenvalue weighted by Crippen LogP contribution is -2.43. The lowest BCUT2D eigenvalue weighted by Gasteiger charge is -2.21. The average Bonchev–Trinajstić information content (AvgIpc) is 2.70. The van der Waals surface area contributed by atoms with Crippen LogP contribution in [0.25, 0.3) is 6.08 Å². The molecule has 110 valence electrons. The minimum Gasteiger partial charge on any atom is -0.480 e. The van der Waals surface area contributed by atoms with Crippen molar-refractivity contribution in [3.63, 3.8) is 0 Å².